The van der Waals surface area contributed by atoms with Crippen LogP contribution < -0.4 is 15.6 Å². The quantitative estimate of drug-likeness (QED) is 0.142. The Kier molecular flexibility index (Phi) is 7.20. The molecule has 0 aliphatic heterocycles. The summed E-state index contributed by atoms with van der Waals surface area (Å²) in [5, 5.41) is 5.44. The molecule has 0 saturated heterocycles. The molecule has 2 N–H and O–H groups in total. The number of thioether (sulfide) groups is 1. The van der Waals surface area contributed by atoms with E-state index >= 15 is 0 Å². The van der Waals surface area contributed by atoms with E-state index in [2.05, 4.69) is 20.1 Å². The topological polar surface area (TPSA) is 88.4 Å². The lowest BCUT2D eigenvalue weighted by atomic mass is 10.1. The zero-order valence-corrected chi connectivity index (χ0v) is 21.2. The van der Waals surface area contributed by atoms with Gasteiger partial charge in [-0.2, -0.15) is 0 Å². The molecule has 0 unspecified atom stereocenters. The lowest BCUT2D eigenvalue weighted by Crippen LogP contribution is -2.12. The molecule has 5 rings (SSSR count). The zero-order chi connectivity index (χ0) is 26.5. The predicted octanol–water partition coefficient (Wildman–Crippen LogP) is 6.69. The molecule has 8 heteroatoms. The van der Waals surface area contributed by atoms with Gasteiger partial charge < -0.3 is 15.0 Å². The number of H-pyrrole nitrogens is 1. The summed E-state index contributed by atoms with van der Waals surface area (Å²) in [5.74, 6) is 0.916. The zero-order valence-electron chi connectivity index (χ0n) is 20.4. The first kappa shape index (κ1) is 24.8. The largest absolute Gasteiger partial charge is 0.497 e. The molecule has 0 bridgehead atoms. The smallest absolute Gasteiger partial charge is 0.276 e. The van der Waals surface area contributed by atoms with Crippen molar-refractivity contribution in [3.05, 3.63) is 124 Å². The highest BCUT2D eigenvalue weighted by molar-refractivity contribution is 7.98. The van der Waals surface area contributed by atoms with Crippen molar-refractivity contribution in [3.63, 3.8) is 0 Å². The van der Waals surface area contributed by atoms with Gasteiger partial charge in [0.1, 0.15) is 5.75 Å². The Balaban J connectivity index is 1.33. The van der Waals surface area contributed by atoms with Crippen LogP contribution in [0, 0.1) is 6.57 Å². The van der Waals surface area contributed by atoms with Crippen molar-refractivity contribution in [1.29, 1.82) is 0 Å². The number of nitrogens with zero attached hydrogens (tertiary/aromatic N) is 2. The molecule has 0 aliphatic carbocycles. The molecule has 4 aromatic carbocycles. The van der Waals surface area contributed by atoms with Crippen LogP contribution in [0.25, 0.3) is 26.9 Å². The van der Waals surface area contributed by atoms with Gasteiger partial charge in [0.2, 0.25) is 0 Å². The van der Waals surface area contributed by atoms with Crippen molar-refractivity contribution >= 4 is 39.8 Å². The number of fused-ring (bicyclic) bond motifs is 1. The second-order valence-electron chi connectivity index (χ2n) is 8.42. The monoisotopic (exact) mass is 518 g/mol. The summed E-state index contributed by atoms with van der Waals surface area (Å²) in [6.07, 6.45) is 0. The Morgan fingerprint density at radius 3 is 2.63 bits per heavy atom. The molecule has 0 atom stereocenters. The summed E-state index contributed by atoms with van der Waals surface area (Å²) < 4.78 is 5.28. The van der Waals surface area contributed by atoms with Crippen LogP contribution in [0.1, 0.15) is 15.9 Å². The average Bonchev–Trinajstić information content (AvgIpc) is 2.95. The van der Waals surface area contributed by atoms with Gasteiger partial charge in [-0.25, -0.2) is 9.83 Å². The standard InChI is InChI=1S/C30H22N4O3S/c1-31-27-26(22-10-6-12-25(17-22)37-2)33-30(34-29(27)36)38-18-19-7-5-11-24(15-19)32-28(35)23-14-13-20-8-3-4-9-21(20)16-23/h3-17H,18H2,2H3,(H,32,35)(H,33,34,36). The number of nitrogens with one attached hydrogen (secondary N) is 2. The molecule has 1 amide bonds. The number of ether oxygens (including phenoxy) is 1. The number of benzene rings is 4. The van der Waals surface area contributed by atoms with E-state index in [9.17, 15) is 9.59 Å². The number of rotatable bonds is 7. The number of methoxy groups -OCH3 is 1. The first-order chi connectivity index (χ1) is 18.5. The third-order valence-corrected chi connectivity index (χ3v) is 6.84. The molecule has 5 aromatic rings. The van der Waals surface area contributed by atoms with Crippen LogP contribution in [-0.2, 0) is 5.75 Å². The predicted molar refractivity (Wildman–Crippen MR) is 151 cm³/mol. The van der Waals surface area contributed by atoms with Gasteiger partial charge in [-0.3, -0.25) is 9.59 Å². The molecule has 1 heterocycles. The Morgan fingerprint density at radius 1 is 1.00 bits per heavy atom. The highest BCUT2D eigenvalue weighted by Crippen LogP contribution is 2.30. The van der Waals surface area contributed by atoms with Gasteiger partial charge in [0, 0.05) is 17.0 Å². The van der Waals surface area contributed by atoms with Gasteiger partial charge >= 0.3 is 0 Å². The molecule has 38 heavy (non-hydrogen) atoms. The highest BCUT2D eigenvalue weighted by atomic mass is 32.2. The first-order valence-electron chi connectivity index (χ1n) is 11.7. The van der Waals surface area contributed by atoms with Gasteiger partial charge in [0.15, 0.2) is 5.16 Å². The molecule has 1 aromatic heterocycles. The second kappa shape index (κ2) is 11.0. The minimum absolute atomic E-state index is 0.0685. The molecule has 0 fully saturated rings. The van der Waals surface area contributed by atoms with Crippen LogP contribution in [0.3, 0.4) is 0 Å². The summed E-state index contributed by atoms with van der Waals surface area (Å²) in [7, 11) is 1.56. The van der Waals surface area contributed by atoms with E-state index in [1.165, 1.54) is 11.8 Å². The van der Waals surface area contributed by atoms with E-state index in [-0.39, 0.29) is 11.6 Å². The van der Waals surface area contributed by atoms with Gasteiger partial charge in [-0.15, -0.1) is 0 Å². The number of hydrogen-bond acceptors (Lipinski definition) is 5. The van der Waals surface area contributed by atoms with Crippen molar-refractivity contribution in [2.45, 2.75) is 10.9 Å². The number of carbonyl (C=O) groups is 1. The molecule has 0 aliphatic rings. The fraction of sp³-hybridized carbons (Fsp3) is 0.0667. The van der Waals surface area contributed by atoms with Crippen LogP contribution in [0.15, 0.2) is 101 Å². The Morgan fingerprint density at radius 2 is 1.82 bits per heavy atom. The molecule has 186 valence electrons. The molecule has 7 nitrogen and oxygen atoms in total. The van der Waals surface area contributed by atoms with Gasteiger partial charge in [-0.1, -0.05) is 66.4 Å². The van der Waals surface area contributed by atoms with E-state index in [0.29, 0.717) is 39.2 Å². The maximum absolute atomic E-state index is 12.9. The maximum atomic E-state index is 12.9. The van der Waals surface area contributed by atoms with E-state index in [4.69, 9.17) is 11.3 Å². The third-order valence-electron chi connectivity index (χ3n) is 5.90. The fourth-order valence-corrected chi connectivity index (χ4v) is 4.82. The molecular formula is C30H22N4O3S. The molecule has 0 saturated carbocycles. The van der Waals surface area contributed by atoms with Crippen molar-refractivity contribution < 1.29 is 9.53 Å². The summed E-state index contributed by atoms with van der Waals surface area (Å²) in [6.45, 7) is 7.45. The second-order valence-corrected chi connectivity index (χ2v) is 9.38. The summed E-state index contributed by atoms with van der Waals surface area (Å²) in [5.41, 5.74) is 2.56. The first-order valence-corrected chi connectivity index (χ1v) is 12.7. The molecule has 0 spiro atoms. The molecular weight excluding hydrogens is 496 g/mol. The van der Waals surface area contributed by atoms with Crippen molar-refractivity contribution in [3.8, 4) is 17.0 Å². The fourth-order valence-electron chi connectivity index (χ4n) is 4.01. The number of amides is 1. The minimum atomic E-state index is -0.494. The van der Waals surface area contributed by atoms with Crippen LogP contribution in [0.4, 0.5) is 11.4 Å². The van der Waals surface area contributed by atoms with Crippen LogP contribution in [0.5, 0.6) is 5.75 Å². The highest BCUT2D eigenvalue weighted by Gasteiger charge is 2.15. The lowest BCUT2D eigenvalue weighted by Gasteiger charge is -2.10. The third kappa shape index (κ3) is 5.43. The van der Waals surface area contributed by atoms with Crippen LogP contribution >= 0.6 is 11.8 Å². The number of anilines is 1. The van der Waals surface area contributed by atoms with Crippen molar-refractivity contribution in [2.24, 2.45) is 0 Å². The van der Waals surface area contributed by atoms with E-state index in [1.807, 2.05) is 66.7 Å². The number of hydrogen-bond donors (Lipinski definition) is 2. The minimum Gasteiger partial charge on any atom is -0.497 e. The Labute approximate surface area is 223 Å². The van der Waals surface area contributed by atoms with E-state index < -0.39 is 5.56 Å². The Bertz CT molecular complexity index is 1760. The maximum Gasteiger partial charge on any atom is 0.276 e. The van der Waals surface area contributed by atoms with E-state index in [1.54, 1.807) is 31.4 Å². The van der Waals surface area contributed by atoms with Gasteiger partial charge in [0.25, 0.3) is 17.2 Å². The average molecular weight is 519 g/mol. The number of carbonyl (C=O) groups excluding carboxylic acids is 1. The summed E-state index contributed by atoms with van der Waals surface area (Å²) in [4.78, 5) is 36.2. The van der Waals surface area contributed by atoms with Crippen LogP contribution in [-0.4, -0.2) is 23.0 Å². The van der Waals surface area contributed by atoms with Gasteiger partial charge in [0.05, 0.1) is 19.4 Å². The van der Waals surface area contributed by atoms with Crippen molar-refractivity contribution in [2.75, 3.05) is 12.4 Å². The van der Waals surface area contributed by atoms with Crippen molar-refractivity contribution in [1.82, 2.24) is 9.97 Å². The number of aromatic nitrogens is 2. The van der Waals surface area contributed by atoms with E-state index in [0.717, 1.165) is 16.3 Å². The molecule has 0 radical (unpaired) electrons. The number of aromatic amines is 1. The Hall–Kier alpha value is -4.87. The normalized spacial score (nSPS) is 10.6. The van der Waals surface area contributed by atoms with Crippen LogP contribution in [0.2, 0.25) is 0 Å². The lowest BCUT2D eigenvalue weighted by molar-refractivity contribution is 0.102. The van der Waals surface area contributed by atoms with Gasteiger partial charge in [-0.05, 0) is 58.3 Å². The SMILES string of the molecule is [C-]#[N+]c1c(-c2cccc(OC)c2)nc(SCc2cccc(NC(=O)c3ccc4ccccc4c3)c2)[nH]c1=O. The summed E-state index contributed by atoms with van der Waals surface area (Å²) >= 11 is 1.34. The summed E-state index contributed by atoms with van der Waals surface area (Å²) in [6, 6.07) is 28.2.